The van der Waals surface area contributed by atoms with E-state index in [4.69, 9.17) is 0 Å². The van der Waals surface area contributed by atoms with Gasteiger partial charge in [-0.05, 0) is 42.0 Å². The minimum atomic E-state index is -0.360. The number of hydrogen-bond donors (Lipinski definition) is 4. The van der Waals surface area contributed by atoms with Crippen LogP contribution in [-0.4, -0.2) is 32.3 Å². The summed E-state index contributed by atoms with van der Waals surface area (Å²) in [6, 6.07) is 19.2. The number of aromatic nitrogens is 2. The van der Waals surface area contributed by atoms with E-state index < -0.39 is 0 Å². The van der Waals surface area contributed by atoms with E-state index in [9.17, 15) is 15.0 Å². The number of aromatic amines is 1. The summed E-state index contributed by atoms with van der Waals surface area (Å²) in [4.78, 5) is 20.0. The second-order valence-corrected chi connectivity index (χ2v) is 7.45. The van der Waals surface area contributed by atoms with E-state index in [-0.39, 0.29) is 17.4 Å². The fraction of sp³-hybridized carbons (Fsp3) is 0.0455. The van der Waals surface area contributed by atoms with E-state index >= 15 is 0 Å². The monoisotopic (exact) mass is 418 g/mol. The van der Waals surface area contributed by atoms with Gasteiger partial charge in [0.25, 0.3) is 5.91 Å². The predicted molar refractivity (Wildman–Crippen MR) is 117 cm³/mol. The average molecular weight is 418 g/mol. The number of para-hydroxylation sites is 2. The minimum absolute atomic E-state index is 0.0488. The van der Waals surface area contributed by atoms with Crippen molar-refractivity contribution in [2.24, 2.45) is 5.10 Å². The molecule has 30 heavy (non-hydrogen) atoms. The standard InChI is InChI=1S/C22H18N4O3S/c27-17-10-9-16(20(28)11-17)12-23-26-21(29)15-7-5-14(6-8-15)13-30-22-24-18-3-1-2-4-19(18)25-22/h1-12,27-28H,13H2,(H,24,25)(H,26,29). The molecule has 1 aromatic heterocycles. The largest absolute Gasteiger partial charge is 0.508 e. The molecule has 0 bridgehead atoms. The fourth-order valence-electron chi connectivity index (χ4n) is 2.77. The quantitative estimate of drug-likeness (QED) is 0.215. The summed E-state index contributed by atoms with van der Waals surface area (Å²) in [6.45, 7) is 0. The van der Waals surface area contributed by atoms with E-state index in [0.717, 1.165) is 27.5 Å². The van der Waals surface area contributed by atoms with Crippen molar-refractivity contribution < 1.29 is 15.0 Å². The number of phenols is 2. The molecule has 0 fully saturated rings. The molecule has 0 saturated carbocycles. The van der Waals surface area contributed by atoms with Crippen LogP contribution in [0.4, 0.5) is 0 Å². The second-order valence-electron chi connectivity index (χ2n) is 6.49. The number of H-pyrrole nitrogens is 1. The van der Waals surface area contributed by atoms with Gasteiger partial charge in [-0.1, -0.05) is 36.0 Å². The number of carbonyl (C=O) groups is 1. The first-order chi connectivity index (χ1) is 14.6. The number of hydrazone groups is 1. The summed E-state index contributed by atoms with van der Waals surface area (Å²) < 4.78 is 0. The molecule has 4 rings (SSSR count). The first kappa shape index (κ1) is 19.5. The molecule has 8 heteroatoms. The SMILES string of the molecule is O=C(NN=Cc1ccc(O)cc1O)c1ccc(CSc2nc3ccccc3[nH]2)cc1. The zero-order valence-electron chi connectivity index (χ0n) is 15.7. The maximum atomic E-state index is 12.2. The van der Waals surface area contributed by atoms with Gasteiger partial charge in [0.15, 0.2) is 5.16 Å². The Hall–Kier alpha value is -3.78. The zero-order chi connectivity index (χ0) is 20.9. The van der Waals surface area contributed by atoms with Gasteiger partial charge in [0, 0.05) is 22.9 Å². The highest BCUT2D eigenvalue weighted by molar-refractivity contribution is 7.98. The van der Waals surface area contributed by atoms with Crippen LogP contribution in [0, 0.1) is 0 Å². The molecule has 0 aliphatic heterocycles. The van der Waals surface area contributed by atoms with Gasteiger partial charge < -0.3 is 15.2 Å². The van der Waals surface area contributed by atoms with Crippen molar-refractivity contribution in [1.29, 1.82) is 0 Å². The lowest BCUT2D eigenvalue weighted by molar-refractivity contribution is 0.0955. The number of imidazole rings is 1. The van der Waals surface area contributed by atoms with Crippen LogP contribution in [0.1, 0.15) is 21.5 Å². The third kappa shape index (κ3) is 4.61. The number of nitrogens with zero attached hydrogens (tertiary/aromatic N) is 2. The molecule has 4 aromatic rings. The van der Waals surface area contributed by atoms with Crippen molar-refractivity contribution in [1.82, 2.24) is 15.4 Å². The summed E-state index contributed by atoms with van der Waals surface area (Å²) in [7, 11) is 0. The Morgan fingerprint density at radius 1 is 1.10 bits per heavy atom. The van der Waals surface area contributed by atoms with Crippen LogP contribution in [0.5, 0.6) is 11.5 Å². The Kier molecular flexibility index (Phi) is 5.67. The van der Waals surface area contributed by atoms with E-state index in [0.29, 0.717) is 11.1 Å². The fourth-order valence-corrected chi connectivity index (χ4v) is 3.61. The van der Waals surface area contributed by atoms with Crippen LogP contribution < -0.4 is 5.43 Å². The van der Waals surface area contributed by atoms with Crippen molar-refractivity contribution in [2.75, 3.05) is 0 Å². The molecule has 4 N–H and O–H groups in total. The summed E-state index contributed by atoms with van der Waals surface area (Å²) in [5.74, 6) is 0.188. The van der Waals surface area contributed by atoms with Crippen LogP contribution in [-0.2, 0) is 5.75 Å². The number of phenolic OH excluding ortho intramolecular Hbond substituents is 2. The maximum Gasteiger partial charge on any atom is 0.271 e. The topological polar surface area (TPSA) is 111 Å². The molecule has 150 valence electrons. The van der Waals surface area contributed by atoms with Gasteiger partial charge in [0.2, 0.25) is 0 Å². The number of aromatic hydroxyl groups is 2. The van der Waals surface area contributed by atoms with Gasteiger partial charge in [-0.15, -0.1) is 0 Å². The molecule has 1 amide bonds. The number of thioether (sulfide) groups is 1. The lowest BCUT2D eigenvalue weighted by atomic mass is 10.1. The number of carbonyl (C=O) groups excluding carboxylic acids is 1. The maximum absolute atomic E-state index is 12.2. The van der Waals surface area contributed by atoms with Crippen molar-refractivity contribution in [3.05, 3.63) is 83.4 Å². The van der Waals surface area contributed by atoms with Crippen LogP contribution in [0.15, 0.2) is 77.0 Å². The van der Waals surface area contributed by atoms with Gasteiger partial charge in [0.1, 0.15) is 11.5 Å². The molecule has 0 unspecified atom stereocenters. The Bertz CT molecular complexity index is 1190. The molecule has 0 radical (unpaired) electrons. The number of benzene rings is 3. The lowest BCUT2D eigenvalue weighted by Gasteiger charge is -2.03. The van der Waals surface area contributed by atoms with Crippen molar-refractivity contribution in [2.45, 2.75) is 10.9 Å². The highest BCUT2D eigenvalue weighted by Gasteiger charge is 2.06. The van der Waals surface area contributed by atoms with Gasteiger partial charge >= 0.3 is 0 Å². The van der Waals surface area contributed by atoms with Crippen LogP contribution in [0.25, 0.3) is 11.0 Å². The molecule has 0 aliphatic rings. The molecule has 0 aliphatic carbocycles. The third-order valence-corrected chi connectivity index (χ3v) is 5.29. The van der Waals surface area contributed by atoms with Crippen molar-refractivity contribution >= 4 is 34.9 Å². The van der Waals surface area contributed by atoms with E-state index in [1.807, 2.05) is 36.4 Å². The molecule has 0 saturated heterocycles. The predicted octanol–water partition coefficient (Wildman–Crippen LogP) is 4.03. The lowest BCUT2D eigenvalue weighted by Crippen LogP contribution is -2.17. The molecular weight excluding hydrogens is 400 g/mol. The molecule has 1 heterocycles. The summed E-state index contributed by atoms with van der Waals surface area (Å²) in [5.41, 5.74) is 6.28. The molecule has 0 atom stereocenters. The average Bonchev–Trinajstić information content (AvgIpc) is 3.17. The normalized spacial score (nSPS) is 11.2. The number of fused-ring (bicyclic) bond motifs is 1. The van der Waals surface area contributed by atoms with Crippen molar-refractivity contribution in [3.8, 4) is 11.5 Å². The Balaban J connectivity index is 1.33. The molecular formula is C22H18N4O3S. The minimum Gasteiger partial charge on any atom is -0.508 e. The molecule has 7 nitrogen and oxygen atoms in total. The smallest absolute Gasteiger partial charge is 0.271 e. The third-order valence-electron chi connectivity index (χ3n) is 4.34. The number of nitrogens with one attached hydrogen (secondary N) is 2. The van der Waals surface area contributed by atoms with E-state index in [2.05, 4.69) is 20.5 Å². The first-order valence-electron chi connectivity index (χ1n) is 9.10. The van der Waals surface area contributed by atoms with E-state index in [1.54, 1.807) is 23.9 Å². The number of amides is 1. The van der Waals surface area contributed by atoms with E-state index in [1.165, 1.54) is 24.4 Å². The first-order valence-corrected chi connectivity index (χ1v) is 10.1. The Labute approximate surface area is 176 Å². The highest BCUT2D eigenvalue weighted by atomic mass is 32.2. The Morgan fingerprint density at radius 2 is 1.90 bits per heavy atom. The van der Waals surface area contributed by atoms with Crippen LogP contribution in [0.2, 0.25) is 0 Å². The van der Waals surface area contributed by atoms with Gasteiger partial charge in [-0.3, -0.25) is 4.79 Å². The molecule has 3 aromatic carbocycles. The second kappa shape index (κ2) is 8.71. The summed E-state index contributed by atoms with van der Waals surface area (Å²) in [6.07, 6.45) is 1.31. The number of rotatable bonds is 6. The van der Waals surface area contributed by atoms with Gasteiger partial charge in [0.05, 0.1) is 17.2 Å². The Morgan fingerprint density at radius 3 is 2.67 bits per heavy atom. The number of hydrogen-bond acceptors (Lipinski definition) is 6. The summed E-state index contributed by atoms with van der Waals surface area (Å²) in [5, 5.41) is 23.7. The highest BCUT2D eigenvalue weighted by Crippen LogP contribution is 2.23. The summed E-state index contributed by atoms with van der Waals surface area (Å²) >= 11 is 1.60. The van der Waals surface area contributed by atoms with Gasteiger partial charge in [-0.25, -0.2) is 10.4 Å². The molecule has 0 spiro atoms. The van der Waals surface area contributed by atoms with Crippen molar-refractivity contribution in [3.63, 3.8) is 0 Å². The zero-order valence-corrected chi connectivity index (χ0v) is 16.6. The van der Waals surface area contributed by atoms with Crippen LogP contribution in [0.3, 0.4) is 0 Å². The van der Waals surface area contributed by atoms with Gasteiger partial charge in [-0.2, -0.15) is 5.10 Å². The van der Waals surface area contributed by atoms with Crippen LogP contribution >= 0.6 is 11.8 Å².